The third-order valence-corrected chi connectivity index (χ3v) is 4.24. The van der Waals surface area contributed by atoms with Crippen molar-refractivity contribution < 1.29 is 14.3 Å². The topological polar surface area (TPSA) is 50.8 Å². The zero-order valence-electron chi connectivity index (χ0n) is 14.9. The van der Waals surface area contributed by atoms with Crippen LogP contribution in [0.1, 0.15) is 33.6 Å². The van der Waals surface area contributed by atoms with E-state index in [0.717, 1.165) is 43.9 Å². The van der Waals surface area contributed by atoms with E-state index in [9.17, 15) is 4.79 Å². The molecule has 0 aliphatic carbocycles. The predicted octanol–water partition coefficient (Wildman–Crippen LogP) is 4.41. The Kier molecular flexibility index (Phi) is 6.21. The van der Waals surface area contributed by atoms with Gasteiger partial charge in [0.25, 0.3) is 0 Å². The van der Waals surface area contributed by atoms with Crippen LogP contribution in [0.5, 0.6) is 5.75 Å². The lowest BCUT2D eigenvalue weighted by Crippen LogP contribution is -2.42. The number of hydrogen-bond acceptors (Lipinski definition) is 4. The Labute approximate surface area is 149 Å². The van der Waals surface area contributed by atoms with E-state index in [1.807, 2.05) is 39.0 Å². The molecule has 1 N–H and O–H groups in total. The Bertz CT molecular complexity index is 564. The molecule has 0 radical (unpaired) electrons. The van der Waals surface area contributed by atoms with Crippen molar-refractivity contribution in [3.05, 3.63) is 23.2 Å². The number of carbonyl (C=O) groups excluding carboxylic acids is 1. The van der Waals surface area contributed by atoms with Crippen molar-refractivity contribution in [2.24, 2.45) is 5.92 Å². The summed E-state index contributed by atoms with van der Waals surface area (Å²) in [6, 6.07) is 5.54. The molecule has 1 heterocycles. The first-order valence-electron chi connectivity index (χ1n) is 8.34. The molecular formula is C18H27ClN2O3. The summed E-state index contributed by atoms with van der Waals surface area (Å²) in [5.74, 6) is 1.29. The number of amides is 1. The largest absolute Gasteiger partial charge is 0.495 e. The van der Waals surface area contributed by atoms with Crippen LogP contribution in [-0.4, -0.2) is 43.3 Å². The lowest BCUT2D eigenvalue weighted by Gasteiger charge is -2.33. The summed E-state index contributed by atoms with van der Waals surface area (Å²) in [5.41, 5.74) is 0.457. The lowest BCUT2D eigenvalue weighted by molar-refractivity contribution is 0.0188. The molecule has 134 valence electrons. The van der Waals surface area contributed by atoms with Crippen LogP contribution < -0.4 is 10.1 Å². The van der Waals surface area contributed by atoms with Gasteiger partial charge in [0.2, 0.25) is 0 Å². The molecule has 1 aromatic carbocycles. The first kappa shape index (κ1) is 18.7. The Hall–Kier alpha value is -1.62. The number of halogens is 1. The number of likely N-dealkylation sites (tertiary alicyclic amines) is 1. The van der Waals surface area contributed by atoms with Crippen LogP contribution in [0.25, 0.3) is 0 Å². The normalized spacial score (nSPS) is 16.0. The lowest BCUT2D eigenvalue weighted by atomic mass is 9.97. The highest BCUT2D eigenvalue weighted by Gasteiger charge is 2.26. The monoisotopic (exact) mass is 354 g/mol. The minimum atomic E-state index is -0.446. The number of methoxy groups -OCH3 is 1. The molecule has 0 spiro atoms. The van der Waals surface area contributed by atoms with E-state index in [4.69, 9.17) is 21.1 Å². The first-order valence-corrected chi connectivity index (χ1v) is 8.71. The fraction of sp³-hybridized carbons (Fsp3) is 0.611. The van der Waals surface area contributed by atoms with Gasteiger partial charge in [-0.25, -0.2) is 4.79 Å². The summed E-state index contributed by atoms with van der Waals surface area (Å²) >= 11 is 6.05. The van der Waals surface area contributed by atoms with E-state index in [1.165, 1.54) is 0 Å². The van der Waals surface area contributed by atoms with E-state index in [1.54, 1.807) is 12.0 Å². The van der Waals surface area contributed by atoms with Gasteiger partial charge in [-0.1, -0.05) is 11.6 Å². The zero-order chi connectivity index (χ0) is 17.7. The number of nitrogens with zero attached hydrogens (tertiary/aromatic N) is 1. The molecule has 0 saturated carbocycles. The fourth-order valence-electron chi connectivity index (χ4n) is 2.72. The molecular weight excluding hydrogens is 328 g/mol. The van der Waals surface area contributed by atoms with Gasteiger partial charge in [-0.05, 0) is 57.7 Å². The summed E-state index contributed by atoms with van der Waals surface area (Å²) in [6.07, 6.45) is 1.69. The van der Waals surface area contributed by atoms with Gasteiger partial charge in [0, 0.05) is 24.7 Å². The smallest absolute Gasteiger partial charge is 0.410 e. The maximum atomic E-state index is 12.1. The summed E-state index contributed by atoms with van der Waals surface area (Å²) in [7, 11) is 1.65. The summed E-state index contributed by atoms with van der Waals surface area (Å²) in [4.78, 5) is 13.9. The number of piperidine rings is 1. The minimum Gasteiger partial charge on any atom is -0.495 e. The molecule has 2 rings (SSSR count). The van der Waals surface area contributed by atoms with Gasteiger partial charge < -0.3 is 19.7 Å². The molecule has 1 aromatic rings. The predicted molar refractivity (Wildman–Crippen MR) is 97.0 cm³/mol. The van der Waals surface area contributed by atoms with E-state index in [-0.39, 0.29) is 6.09 Å². The quantitative estimate of drug-likeness (QED) is 0.870. The van der Waals surface area contributed by atoms with Crippen LogP contribution in [-0.2, 0) is 4.74 Å². The Morgan fingerprint density at radius 2 is 2.00 bits per heavy atom. The van der Waals surface area contributed by atoms with Crippen LogP contribution in [0, 0.1) is 5.92 Å². The van der Waals surface area contributed by atoms with E-state index < -0.39 is 5.60 Å². The number of nitrogens with one attached hydrogen (secondary N) is 1. The molecule has 1 aliphatic heterocycles. The van der Waals surface area contributed by atoms with Crippen molar-refractivity contribution in [2.45, 2.75) is 39.2 Å². The van der Waals surface area contributed by atoms with Gasteiger partial charge in [0.1, 0.15) is 11.4 Å². The minimum absolute atomic E-state index is 0.217. The molecule has 1 saturated heterocycles. The average Bonchev–Trinajstić information content (AvgIpc) is 2.52. The molecule has 1 aliphatic rings. The van der Waals surface area contributed by atoms with Gasteiger partial charge in [-0.3, -0.25) is 0 Å². The first-order chi connectivity index (χ1) is 11.3. The second-order valence-electron chi connectivity index (χ2n) is 7.14. The Balaban J connectivity index is 1.81. The van der Waals surface area contributed by atoms with E-state index in [0.29, 0.717) is 10.9 Å². The maximum absolute atomic E-state index is 12.1. The van der Waals surface area contributed by atoms with Crippen molar-refractivity contribution in [1.29, 1.82) is 0 Å². The highest BCUT2D eigenvalue weighted by Crippen LogP contribution is 2.29. The number of ether oxygens (including phenoxy) is 2. The van der Waals surface area contributed by atoms with Gasteiger partial charge in [-0.2, -0.15) is 0 Å². The van der Waals surface area contributed by atoms with E-state index in [2.05, 4.69) is 5.32 Å². The van der Waals surface area contributed by atoms with Crippen molar-refractivity contribution in [3.8, 4) is 5.75 Å². The van der Waals surface area contributed by atoms with Crippen molar-refractivity contribution in [3.63, 3.8) is 0 Å². The third kappa shape index (κ3) is 5.48. The van der Waals surface area contributed by atoms with E-state index >= 15 is 0 Å². The standard InChI is InChI=1S/C18H27ClN2O3/c1-18(2,3)24-17(22)21-9-7-13(8-10-21)12-20-15-11-14(19)5-6-16(15)23-4/h5-6,11,13,20H,7-10,12H2,1-4H3. The fourth-order valence-corrected chi connectivity index (χ4v) is 2.89. The van der Waals surface area contributed by atoms with Crippen molar-refractivity contribution in [1.82, 2.24) is 4.90 Å². The molecule has 1 fully saturated rings. The molecule has 0 atom stereocenters. The van der Waals surface area contributed by atoms with Crippen LogP contribution >= 0.6 is 11.6 Å². The van der Waals surface area contributed by atoms with Crippen LogP contribution in [0.4, 0.5) is 10.5 Å². The number of benzene rings is 1. The van der Waals surface area contributed by atoms with Crippen molar-refractivity contribution >= 4 is 23.4 Å². The summed E-state index contributed by atoms with van der Waals surface area (Å²) in [5, 5.41) is 4.09. The molecule has 0 bridgehead atoms. The molecule has 5 nitrogen and oxygen atoms in total. The second kappa shape index (κ2) is 7.97. The summed E-state index contributed by atoms with van der Waals surface area (Å²) < 4.78 is 10.8. The van der Waals surface area contributed by atoms with Crippen LogP contribution in [0.2, 0.25) is 5.02 Å². The van der Waals surface area contributed by atoms with Crippen LogP contribution in [0.3, 0.4) is 0 Å². The number of carbonyl (C=O) groups is 1. The maximum Gasteiger partial charge on any atom is 0.410 e. The second-order valence-corrected chi connectivity index (χ2v) is 7.57. The van der Waals surface area contributed by atoms with Crippen LogP contribution in [0.15, 0.2) is 18.2 Å². The molecule has 24 heavy (non-hydrogen) atoms. The number of rotatable bonds is 4. The SMILES string of the molecule is COc1ccc(Cl)cc1NCC1CCN(C(=O)OC(C)(C)C)CC1. The van der Waals surface area contributed by atoms with Crippen molar-refractivity contribution in [2.75, 3.05) is 32.1 Å². The third-order valence-electron chi connectivity index (χ3n) is 4.01. The molecule has 6 heteroatoms. The average molecular weight is 355 g/mol. The summed E-state index contributed by atoms with van der Waals surface area (Å²) in [6.45, 7) is 7.96. The number of hydrogen-bond donors (Lipinski definition) is 1. The highest BCUT2D eigenvalue weighted by molar-refractivity contribution is 6.30. The molecule has 0 aromatic heterocycles. The molecule has 0 unspecified atom stereocenters. The Morgan fingerprint density at radius 1 is 1.33 bits per heavy atom. The number of anilines is 1. The molecule has 1 amide bonds. The Morgan fingerprint density at radius 3 is 2.58 bits per heavy atom. The van der Waals surface area contributed by atoms with Gasteiger partial charge in [-0.15, -0.1) is 0 Å². The zero-order valence-corrected chi connectivity index (χ0v) is 15.7. The van der Waals surface area contributed by atoms with Gasteiger partial charge >= 0.3 is 6.09 Å². The highest BCUT2D eigenvalue weighted by atomic mass is 35.5. The van der Waals surface area contributed by atoms with Gasteiger partial charge in [0.05, 0.1) is 12.8 Å². The van der Waals surface area contributed by atoms with Gasteiger partial charge in [0.15, 0.2) is 0 Å².